The molecule has 1 aromatic heterocycles. The Morgan fingerprint density at radius 1 is 1.24 bits per heavy atom. The molecule has 1 aromatic carbocycles. The van der Waals surface area contributed by atoms with Crippen LogP contribution in [0.25, 0.3) is 0 Å². The van der Waals surface area contributed by atoms with Gasteiger partial charge in [0.15, 0.2) is 9.84 Å². The number of nitrogens with zero attached hydrogens (tertiary/aromatic N) is 2. The van der Waals surface area contributed by atoms with Gasteiger partial charge >= 0.3 is 0 Å². The van der Waals surface area contributed by atoms with Crippen molar-refractivity contribution in [3.8, 4) is 11.6 Å². The zero-order valence-corrected chi connectivity index (χ0v) is 17.4. The van der Waals surface area contributed by atoms with E-state index in [1.54, 1.807) is 19.1 Å². The minimum absolute atomic E-state index is 0.199. The summed E-state index contributed by atoms with van der Waals surface area (Å²) in [5, 5.41) is 3.80. The Morgan fingerprint density at radius 2 is 1.93 bits per heavy atom. The van der Waals surface area contributed by atoms with Gasteiger partial charge in [-0.05, 0) is 31.9 Å². The normalized spacial score (nSPS) is 16.1. The third-order valence-corrected chi connectivity index (χ3v) is 5.32. The molecule has 29 heavy (non-hydrogen) atoms. The van der Waals surface area contributed by atoms with Gasteiger partial charge in [0.2, 0.25) is 5.88 Å². The number of hydrogen-bond acceptors (Lipinski definition) is 6. The van der Waals surface area contributed by atoms with Gasteiger partial charge in [-0.1, -0.05) is 37.1 Å². The van der Waals surface area contributed by atoms with E-state index < -0.39 is 21.8 Å². The van der Waals surface area contributed by atoms with E-state index in [1.807, 2.05) is 18.2 Å². The van der Waals surface area contributed by atoms with Gasteiger partial charge in [0.25, 0.3) is 5.91 Å². The summed E-state index contributed by atoms with van der Waals surface area (Å²) in [5.74, 6) is 1.31. The fourth-order valence-corrected chi connectivity index (χ4v) is 3.71. The first kappa shape index (κ1) is 21.0. The molecule has 8 heteroatoms. The van der Waals surface area contributed by atoms with E-state index in [4.69, 9.17) is 4.74 Å². The summed E-state index contributed by atoms with van der Waals surface area (Å²) >= 11 is 0. The zero-order chi connectivity index (χ0) is 20.9. The molecule has 1 aliphatic carbocycles. The Labute approximate surface area is 171 Å². The van der Waals surface area contributed by atoms with Gasteiger partial charge in [0.1, 0.15) is 17.1 Å². The Hall–Kier alpha value is -2.74. The maximum absolute atomic E-state index is 12.8. The summed E-state index contributed by atoms with van der Waals surface area (Å²) in [6, 6.07) is 8.64. The summed E-state index contributed by atoms with van der Waals surface area (Å²) in [6.45, 7) is 1.69. The van der Waals surface area contributed by atoms with Gasteiger partial charge in [-0.2, -0.15) is 4.98 Å². The highest BCUT2D eigenvalue weighted by atomic mass is 32.2. The maximum Gasteiger partial charge on any atom is 0.258 e. The van der Waals surface area contributed by atoms with Crippen molar-refractivity contribution in [3.05, 3.63) is 59.4 Å². The second kappa shape index (κ2) is 9.17. The molecular weight excluding hydrogens is 390 g/mol. The van der Waals surface area contributed by atoms with Crippen molar-refractivity contribution in [3.63, 3.8) is 0 Å². The van der Waals surface area contributed by atoms with Crippen LogP contribution in [0.5, 0.6) is 11.6 Å². The lowest BCUT2D eigenvalue weighted by Crippen LogP contribution is -2.31. The lowest BCUT2D eigenvalue weighted by Gasteiger charge is -2.15. The summed E-state index contributed by atoms with van der Waals surface area (Å²) in [6.07, 6.45) is 8.36. The van der Waals surface area contributed by atoms with Gasteiger partial charge in [0.05, 0.1) is 0 Å². The molecule has 0 saturated heterocycles. The molecule has 2 aromatic rings. The molecule has 7 nitrogen and oxygen atoms in total. The number of carbonyl (C=O) groups excluding carboxylic acids is 1. The number of amides is 1. The Morgan fingerprint density at radius 3 is 2.59 bits per heavy atom. The fraction of sp³-hybridized carbons (Fsp3) is 0.381. The van der Waals surface area contributed by atoms with Crippen molar-refractivity contribution in [2.45, 2.75) is 44.6 Å². The predicted molar refractivity (Wildman–Crippen MR) is 111 cm³/mol. The van der Waals surface area contributed by atoms with E-state index in [9.17, 15) is 13.2 Å². The standard InChI is InChI=1S/C21H25N3O4S/c1-15(12-13-29(2,26)27)23-20(25)18-14-22-19(16-8-6-7-9-16)24-21(18)28-17-10-4-3-5-11-17/h3-5,10-16H,6-9H2,1-2H3,(H,23,25)/b13-12+. The van der Waals surface area contributed by atoms with Gasteiger partial charge in [-0.15, -0.1) is 0 Å². The molecule has 1 atom stereocenters. The molecule has 1 aliphatic rings. The first-order valence-electron chi connectivity index (χ1n) is 9.61. The minimum Gasteiger partial charge on any atom is -0.438 e. The molecule has 1 saturated carbocycles. The third-order valence-electron chi connectivity index (χ3n) is 4.67. The molecular formula is C21H25N3O4S. The smallest absolute Gasteiger partial charge is 0.258 e. The summed E-state index contributed by atoms with van der Waals surface area (Å²) < 4.78 is 28.4. The molecule has 1 unspecified atom stereocenters. The second-order valence-corrected chi connectivity index (χ2v) is 9.19. The van der Waals surface area contributed by atoms with Crippen LogP contribution >= 0.6 is 0 Å². The Bertz CT molecular complexity index is 984. The molecule has 0 spiro atoms. The number of para-hydroxylation sites is 1. The number of benzene rings is 1. The van der Waals surface area contributed by atoms with E-state index in [-0.39, 0.29) is 17.4 Å². The second-order valence-electron chi connectivity index (χ2n) is 7.26. The highest BCUT2D eigenvalue weighted by molar-refractivity contribution is 7.93. The number of rotatable bonds is 7. The van der Waals surface area contributed by atoms with E-state index in [0.717, 1.165) is 37.3 Å². The van der Waals surface area contributed by atoms with Crippen molar-refractivity contribution < 1.29 is 17.9 Å². The average molecular weight is 416 g/mol. The molecule has 0 aliphatic heterocycles. The number of carbonyl (C=O) groups is 1. The molecule has 0 radical (unpaired) electrons. The summed E-state index contributed by atoms with van der Waals surface area (Å²) in [4.78, 5) is 21.7. The van der Waals surface area contributed by atoms with Crippen molar-refractivity contribution in [1.29, 1.82) is 0 Å². The molecule has 1 amide bonds. The van der Waals surface area contributed by atoms with E-state index in [2.05, 4.69) is 15.3 Å². The summed E-state index contributed by atoms with van der Waals surface area (Å²) in [5.41, 5.74) is 0.204. The van der Waals surface area contributed by atoms with Crippen LogP contribution in [-0.2, 0) is 9.84 Å². The quantitative estimate of drug-likeness (QED) is 0.742. The molecule has 1 fully saturated rings. The number of hydrogen-bond donors (Lipinski definition) is 1. The summed E-state index contributed by atoms with van der Waals surface area (Å²) in [7, 11) is -3.26. The number of sulfone groups is 1. The van der Waals surface area contributed by atoms with Crippen molar-refractivity contribution in [2.75, 3.05) is 6.26 Å². The third kappa shape index (κ3) is 6.12. The number of ether oxygens (including phenoxy) is 1. The van der Waals surface area contributed by atoms with E-state index in [0.29, 0.717) is 11.6 Å². The lowest BCUT2D eigenvalue weighted by atomic mass is 10.1. The number of aromatic nitrogens is 2. The first-order chi connectivity index (χ1) is 13.8. The molecule has 1 heterocycles. The van der Waals surface area contributed by atoms with Gasteiger partial charge in [-0.25, -0.2) is 13.4 Å². The van der Waals surface area contributed by atoms with Gasteiger partial charge in [-0.3, -0.25) is 4.79 Å². The molecule has 0 bridgehead atoms. The van der Waals surface area contributed by atoms with E-state index >= 15 is 0 Å². The lowest BCUT2D eigenvalue weighted by molar-refractivity contribution is 0.0943. The van der Waals surface area contributed by atoms with Gasteiger partial charge < -0.3 is 10.1 Å². The van der Waals surface area contributed by atoms with Crippen LogP contribution in [0.15, 0.2) is 48.0 Å². The number of nitrogens with one attached hydrogen (secondary N) is 1. The highest BCUT2D eigenvalue weighted by Crippen LogP contribution is 2.33. The van der Waals surface area contributed by atoms with Crippen LogP contribution in [0.4, 0.5) is 0 Å². The largest absolute Gasteiger partial charge is 0.438 e. The van der Waals surface area contributed by atoms with Crippen LogP contribution in [-0.4, -0.2) is 36.6 Å². The van der Waals surface area contributed by atoms with Crippen molar-refractivity contribution in [2.24, 2.45) is 0 Å². The van der Waals surface area contributed by atoms with Crippen LogP contribution in [0.3, 0.4) is 0 Å². The van der Waals surface area contributed by atoms with Crippen LogP contribution in [0, 0.1) is 0 Å². The Balaban J connectivity index is 1.85. The van der Waals surface area contributed by atoms with Crippen LogP contribution in [0.1, 0.15) is 54.7 Å². The SMILES string of the molecule is CC(/C=C/S(C)(=O)=O)NC(=O)c1cnc(C2CCCC2)nc1Oc1ccccc1. The minimum atomic E-state index is -3.26. The fourth-order valence-electron chi connectivity index (χ4n) is 3.19. The maximum atomic E-state index is 12.8. The van der Waals surface area contributed by atoms with Crippen LogP contribution in [0.2, 0.25) is 0 Å². The molecule has 1 N–H and O–H groups in total. The molecule has 3 rings (SSSR count). The van der Waals surface area contributed by atoms with Crippen molar-refractivity contribution >= 4 is 15.7 Å². The molecule has 154 valence electrons. The first-order valence-corrected chi connectivity index (χ1v) is 11.6. The van der Waals surface area contributed by atoms with Gasteiger partial charge in [0, 0.05) is 29.8 Å². The average Bonchev–Trinajstić information content (AvgIpc) is 3.21. The predicted octanol–water partition coefficient (Wildman–Crippen LogP) is 3.60. The monoisotopic (exact) mass is 415 g/mol. The van der Waals surface area contributed by atoms with E-state index in [1.165, 1.54) is 12.3 Å². The van der Waals surface area contributed by atoms with Crippen molar-refractivity contribution in [1.82, 2.24) is 15.3 Å². The highest BCUT2D eigenvalue weighted by Gasteiger charge is 2.24. The topological polar surface area (TPSA) is 98.2 Å². The van der Waals surface area contributed by atoms with Crippen LogP contribution < -0.4 is 10.1 Å². The zero-order valence-electron chi connectivity index (χ0n) is 16.5. The Kier molecular flexibility index (Phi) is 6.64.